The van der Waals surface area contributed by atoms with Crippen LogP contribution in [-0.4, -0.2) is 0 Å². The van der Waals surface area contributed by atoms with Crippen molar-refractivity contribution in [3.63, 3.8) is 0 Å². The van der Waals surface area contributed by atoms with E-state index in [1.54, 1.807) is 0 Å². The first kappa shape index (κ1) is 26.7. The largest absolute Gasteiger partial charge is 0.311 e. The first-order chi connectivity index (χ1) is 22.3. The third-order valence-electron chi connectivity index (χ3n) is 8.67. The van der Waals surface area contributed by atoms with E-state index in [9.17, 15) is 0 Å². The van der Waals surface area contributed by atoms with Crippen molar-refractivity contribution in [2.45, 2.75) is 0 Å². The van der Waals surface area contributed by atoms with Gasteiger partial charge in [-0.15, -0.1) is 0 Å². The number of fused-ring (bicyclic) bond motifs is 3. The van der Waals surface area contributed by atoms with Crippen molar-refractivity contribution in [1.29, 1.82) is 0 Å². The van der Waals surface area contributed by atoms with E-state index in [1.807, 2.05) is 0 Å². The van der Waals surface area contributed by atoms with Crippen molar-refractivity contribution < 1.29 is 0 Å². The van der Waals surface area contributed by atoms with Gasteiger partial charge in [-0.25, -0.2) is 0 Å². The van der Waals surface area contributed by atoms with Gasteiger partial charge in [0.15, 0.2) is 0 Å². The Morgan fingerprint density at radius 1 is 0.244 bits per heavy atom. The van der Waals surface area contributed by atoms with Crippen LogP contribution in [0.2, 0.25) is 0 Å². The topological polar surface area (TPSA) is 3.24 Å². The van der Waals surface area contributed by atoms with Gasteiger partial charge in [0.25, 0.3) is 0 Å². The van der Waals surface area contributed by atoms with Crippen molar-refractivity contribution in [1.82, 2.24) is 0 Å². The maximum absolute atomic E-state index is 2.33. The molecule has 1 heteroatoms. The minimum Gasteiger partial charge on any atom is -0.311 e. The maximum atomic E-state index is 2.33. The molecule has 8 aromatic carbocycles. The zero-order chi connectivity index (χ0) is 30.0. The molecule has 8 aromatic rings. The van der Waals surface area contributed by atoms with E-state index in [1.165, 1.54) is 54.9 Å². The average molecular weight is 574 g/mol. The Bertz CT molecular complexity index is 2130. The number of anilines is 3. The van der Waals surface area contributed by atoms with E-state index in [0.717, 1.165) is 17.1 Å². The van der Waals surface area contributed by atoms with Gasteiger partial charge in [0.1, 0.15) is 0 Å². The summed E-state index contributed by atoms with van der Waals surface area (Å²) < 4.78 is 0. The molecule has 0 bridgehead atoms. The maximum Gasteiger partial charge on any atom is 0.0462 e. The van der Waals surface area contributed by atoms with Gasteiger partial charge in [0, 0.05) is 17.1 Å². The third-order valence-corrected chi connectivity index (χ3v) is 8.67. The molecule has 0 heterocycles. The Kier molecular flexibility index (Phi) is 6.90. The lowest BCUT2D eigenvalue weighted by Gasteiger charge is -2.26. The van der Waals surface area contributed by atoms with Gasteiger partial charge in [-0.05, 0) is 97.4 Å². The highest BCUT2D eigenvalue weighted by molar-refractivity contribution is 6.08. The molecule has 0 aliphatic rings. The molecule has 0 atom stereocenters. The lowest BCUT2D eigenvalue weighted by molar-refractivity contribution is 1.28. The fourth-order valence-electron chi connectivity index (χ4n) is 6.31. The van der Waals surface area contributed by atoms with Crippen molar-refractivity contribution in [3.05, 3.63) is 188 Å². The summed E-state index contributed by atoms with van der Waals surface area (Å²) in [6.45, 7) is 0. The van der Waals surface area contributed by atoms with Crippen molar-refractivity contribution in [2.75, 3.05) is 4.90 Å². The Morgan fingerprint density at radius 3 is 1.16 bits per heavy atom. The quantitative estimate of drug-likeness (QED) is 0.179. The van der Waals surface area contributed by atoms with Crippen LogP contribution in [0.15, 0.2) is 188 Å². The molecular formula is C44H31N. The summed E-state index contributed by atoms with van der Waals surface area (Å²) in [5.74, 6) is 0. The van der Waals surface area contributed by atoms with Gasteiger partial charge >= 0.3 is 0 Å². The van der Waals surface area contributed by atoms with Crippen LogP contribution in [0.1, 0.15) is 0 Å². The Labute approximate surface area is 264 Å². The second-order valence-electron chi connectivity index (χ2n) is 11.4. The molecule has 45 heavy (non-hydrogen) atoms. The van der Waals surface area contributed by atoms with Gasteiger partial charge in [-0.2, -0.15) is 0 Å². The number of hydrogen-bond donors (Lipinski definition) is 0. The van der Waals surface area contributed by atoms with Crippen LogP contribution >= 0.6 is 0 Å². The van der Waals surface area contributed by atoms with Crippen LogP contribution in [0.3, 0.4) is 0 Å². The molecule has 0 spiro atoms. The minimum absolute atomic E-state index is 1.12. The summed E-state index contributed by atoms with van der Waals surface area (Å²) in [7, 11) is 0. The molecule has 0 unspecified atom stereocenters. The molecule has 0 fully saturated rings. The normalized spacial score (nSPS) is 11.1. The van der Waals surface area contributed by atoms with Crippen molar-refractivity contribution in [2.24, 2.45) is 0 Å². The molecule has 0 radical (unpaired) electrons. The number of nitrogens with zero attached hydrogens (tertiary/aromatic N) is 1. The predicted molar refractivity (Wildman–Crippen MR) is 192 cm³/mol. The van der Waals surface area contributed by atoms with E-state index < -0.39 is 0 Å². The highest BCUT2D eigenvalue weighted by Crippen LogP contribution is 2.38. The van der Waals surface area contributed by atoms with Gasteiger partial charge in [-0.3, -0.25) is 0 Å². The Hall–Kier alpha value is -5.92. The molecule has 212 valence electrons. The first-order valence-electron chi connectivity index (χ1n) is 15.4. The van der Waals surface area contributed by atoms with Crippen LogP contribution in [0.4, 0.5) is 17.1 Å². The summed E-state index contributed by atoms with van der Waals surface area (Å²) >= 11 is 0. The Morgan fingerprint density at radius 2 is 0.622 bits per heavy atom. The second kappa shape index (κ2) is 11.6. The van der Waals surface area contributed by atoms with Crippen LogP contribution in [-0.2, 0) is 0 Å². The highest BCUT2D eigenvalue weighted by Gasteiger charge is 2.14. The summed E-state index contributed by atoms with van der Waals surface area (Å²) in [6.07, 6.45) is 0. The lowest BCUT2D eigenvalue weighted by atomic mass is 9.97. The summed E-state index contributed by atoms with van der Waals surface area (Å²) in [6, 6.07) is 67.6. The van der Waals surface area contributed by atoms with E-state index in [2.05, 4.69) is 193 Å². The lowest BCUT2D eigenvalue weighted by Crippen LogP contribution is -2.09. The summed E-state index contributed by atoms with van der Waals surface area (Å²) in [5.41, 5.74) is 10.6. The highest BCUT2D eigenvalue weighted by atomic mass is 15.1. The minimum atomic E-state index is 1.12. The van der Waals surface area contributed by atoms with Gasteiger partial charge in [0.05, 0.1) is 0 Å². The zero-order valence-corrected chi connectivity index (χ0v) is 24.8. The molecule has 8 rings (SSSR count). The molecule has 0 aliphatic heterocycles. The van der Waals surface area contributed by atoms with Crippen LogP contribution in [0.5, 0.6) is 0 Å². The van der Waals surface area contributed by atoms with Crippen molar-refractivity contribution >= 4 is 38.6 Å². The van der Waals surface area contributed by atoms with E-state index in [4.69, 9.17) is 0 Å². The monoisotopic (exact) mass is 573 g/mol. The molecule has 1 nitrogen and oxygen atoms in total. The fraction of sp³-hybridized carbons (Fsp3) is 0. The Balaban J connectivity index is 1.16. The molecule has 0 saturated carbocycles. The summed E-state index contributed by atoms with van der Waals surface area (Å²) in [4.78, 5) is 2.33. The molecule has 0 saturated heterocycles. The fourth-order valence-corrected chi connectivity index (χ4v) is 6.31. The second-order valence-corrected chi connectivity index (χ2v) is 11.4. The average Bonchev–Trinajstić information content (AvgIpc) is 3.13. The van der Waals surface area contributed by atoms with Crippen LogP contribution in [0.25, 0.3) is 54.9 Å². The van der Waals surface area contributed by atoms with Gasteiger partial charge in [0.2, 0.25) is 0 Å². The standard InChI is InChI=1S/C44H31N/c1-3-9-32(10-4-1)34-17-24-40(25-18-34)45(41-26-19-35(20-27-41)33-11-5-2-6-12-33)42-28-21-36(22-29-42)38-23-30-44-39(31-38)16-15-37-13-7-8-14-43(37)44/h1-31H. The molecular weight excluding hydrogens is 542 g/mol. The van der Waals surface area contributed by atoms with Gasteiger partial charge in [-0.1, -0.05) is 146 Å². The third kappa shape index (κ3) is 5.26. The van der Waals surface area contributed by atoms with Crippen molar-refractivity contribution in [3.8, 4) is 33.4 Å². The van der Waals surface area contributed by atoms with E-state index in [0.29, 0.717) is 0 Å². The predicted octanol–water partition coefficient (Wildman–Crippen LogP) is 12.5. The first-order valence-corrected chi connectivity index (χ1v) is 15.4. The smallest absolute Gasteiger partial charge is 0.0462 e. The number of hydrogen-bond acceptors (Lipinski definition) is 1. The van der Waals surface area contributed by atoms with Gasteiger partial charge < -0.3 is 4.90 Å². The number of rotatable bonds is 6. The zero-order valence-electron chi connectivity index (χ0n) is 24.8. The SMILES string of the molecule is c1ccc(-c2ccc(N(c3ccc(-c4ccccc4)cc3)c3ccc(-c4ccc5c(ccc6ccccc65)c4)cc3)cc2)cc1. The number of benzene rings is 8. The van der Waals surface area contributed by atoms with E-state index >= 15 is 0 Å². The van der Waals surface area contributed by atoms with Crippen LogP contribution < -0.4 is 4.90 Å². The van der Waals surface area contributed by atoms with Crippen LogP contribution in [0, 0.1) is 0 Å². The van der Waals surface area contributed by atoms with E-state index in [-0.39, 0.29) is 0 Å². The summed E-state index contributed by atoms with van der Waals surface area (Å²) in [5, 5.41) is 5.12. The molecule has 0 N–H and O–H groups in total. The molecule has 0 aliphatic carbocycles. The molecule has 0 aromatic heterocycles. The molecule has 0 amide bonds.